The molecule has 3 N–H and O–H groups in total. The maximum Gasteiger partial charge on any atom is 0.171 e. The molecule has 0 spiro atoms. The molecule has 1 aromatic heterocycles. The molecule has 1 heterocycles. The Kier molecular flexibility index (Phi) is 1.24. The van der Waals surface area contributed by atoms with Gasteiger partial charge < -0.3 is 10.2 Å². The summed E-state index contributed by atoms with van der Waals surface area (Å²) in [6.45, 7) is 0. The summed E-state index contributed by atoms with van der Waals surface area (Å²) in [7, 11) is 0. The highest BCUT2D eigenvalue weighted by molar-refractivity contribution is 5.93. The fraction of sp³-hybridized carbons (Fsp3) is 0.375. The van der Waals surface area contributed by atoms with E-state index in [1.807, 2.05) is 6.07 Å². The highest BCUT2D eigenvalue weighted by Crippen LogP contribution is 2.41. The first-order chi connectivity index (χ1) is 5.29. The van der Waals surface area contributed by atoms with Gasteiger partial charge in [-0.15, -0.1) is 0 Å². The van der Waals surface area contributed by atoms with Gasteiger partial charge in [-0.3, -0.25) is 5.41 Å². The molecule has 2 rings (SSSR count). The number of nitrogens with two attached hydrogens (primary N) is 1. The van der Waals surface area contributed by atoms with E-state index in [2.05, 4.69) is 0 Å². The van der Waals surface area contributed by atoms with E-state index in [0.29, 0.717) is 11.7 Å². The van der Waals surface area contributed by atoms with Crippen LogP contribution in [0.4, 0.5) is 0 Å². The molecule has 3 heteroatoms. The summed E-state index contributed by atoms with van der Waals surface area (Å²) >= 11 is 0. The normalized spacial score (nSPS) is 16.7. The minimum absolute atomic E-state index is 0.0388. The van der Waals surface area contributed by atoms with Crippen molar-refractivity contribution in [3.05, 3.63) is 23.7 Å². The zero-order valence-corrected chi connectivity index (χ0v) is 6.13. The molecule has 0 aromatic carbocycles. The lowest BCUT2D eigenvalue weighted by atomic mass is 10.1. The van der Waals surface area contributed by atoms with Crippen molar-refractivity contribution in [1.82, 2.24) is 0 Å². The van der Waals surface area contributed by atoms with Crippen LogP contribution >= 0.6 is 0 Å². The molecule has 0 bridgehead atoms. The molecule has 11 heavy (non-hydrogen) atoms. The molecule has 1 aromatic rings. The van der Waals surface area contributed by atoms with E-state index in [0.717, 1.165) is 5.56 Å². The Hall–Kier alpha value is -1.25. The molecule has 0 radical (unpaired) electrons. The van der Waals surface area contributed by atoms with Gasteiger partial charge in [-0.25, -0.2) is 0 Å². The molecular formula is C8H10N2O. The fourth-order valence-electron chi connectivity index (χ4n) is 1.25. The van der Waals surface area contributed by atoms with Crippen molar-refractivity contribution in [2.75, 3.05) is 0 Å². The van der Waals surface area contributed by atoms with Crippen LogP contribution in [0.3, 0.4) is 0 Å². The molecule has 0 saturated heterocycles. The van der Waals surface area contributed by atoms with Crippen LogP contribution in [-0.2, 0) is 0 Å². The van der Waals surface area contributed by atoms with Crippen LogP contribution in [0.2, 0.25) is 0 Å². The average Bonchev–Trinajstić information content (AvgIpc) is 2.68. The maximum atomic E-state index is 7.20. The summed E-state index contributed by atoms with van der Waals surface area (Å²) in [5, 5.41) is 7.20. The summed E-state index contributed by atoms with van der Waals surface area (Å²) < 4.78 is 5.08. The number of rotatable bonds is 2. The van der Waals surface area contributed by atoms with Gasteiger partial charge in [0.1, 0.15) is 0 Å². The van der Waals surface area contributed by atoms with E-state index in [4.69, 9.17) is 15.6 Å². The van der Waals surface area contributed by atoms with Gasteiger partial charge in [0.05, 0.1) is 6.26 Å². The Morgan fingerprint density at radius 3 is 2.91 bits per heavy atom. The molecule has 0 unspecified atom stereocenters. The largest absolute Gasteiger partial charge is 0.461 e. The average molecular weight is 150 g/mol. The number of nitrogen functional groups attached to an aromatic ring is 1. The van der Waals surface area contributed by atoms with Crippen LogP contribution < -0.4 is 5.73 Å². The smallest absolute Gasteiger partial charge is 0.171 e. The first-order valence-electron chi connectivity index (χ1n) is 3.71. The molecule has 0 amide bonds. The number of hydrogen-bond acceptors (Lipinski definition) is 2. The third-order valence-electron chi connectivity index (χ3n) is 1.96. The van der Waals surface area contributed by atoms with Gasteiger partial charge in [0, 0.05) is 5.56 Å². The molecular weight excluding hydrogens is 140 g/mol. The number of hydrogen-bond donors (Lipinski definition) is 2. The monoisotopic (exact) mass is 150 g/mol. The summed E-state index contributed by atoms with van der Waals surface area (Å²) in [5.74, 6) is 1.21. The molecule has 58 valence electrons. The van der Waals surface area contributed by atoms with Gasteiger partial charge in [-0.1, -0.05) is 0 Å². The van der Waals surface area contributed by atoms with Gasteiger partial charge in [-0.05, 0) is 24.8 Å². The van der Waals surface area contributed by atoms with Gasteiger partial charge >= 0.3 is 0 Å². The van der Waals surface area contributed by atoms with E-state index in [1.165, 1.54) is 12.8 Å². The van der Waals surface area contributed by atoms with E-state index < -0.39 is 0 Å². The fourth-order valence-corrected chi connectivity index (χ4v) is 1.25. The van der Waals surface area contributed by atoms with Gasteiger partial charge in [-0.2, -0.15) is 0 Å². The lowest BCUT2D eigenvalue weighted by molar-refractivity contribution is 0.552. The van der Waals surface area contributed by atoms with Crippen molar-refractivity contribution >= 4 is 5.84 Å². The SMILES string of the molecule is N=C(N)c1occc1C1CC1. The van der Waals surface area contributed by atoms with Crippen molar-refractivity contribution in [3.8, 4) is 0 Å². The van der Waals surface area contributed by atoms with Crippen molar-refractivity contribution in [2.24, 2.45) is 5.73 Å². The van der Waals surface area contributed by atoms with E-state index in [-0.39, 0.29) is 5.84 Å². The first-order valence-corrected chi connectivity index (χ1v) is 3.71. The molecule has 1 saturated carbocycles. The molecule has 1 aliphatic carbocycles. The summed E-state index contributed by atoms with van der Waals surface area (Å²) in [6.07, 6.45) is 4.02. The standard InChI is InChI=1S/C8H10N2O/c9-8(10)7-6(3-4-11-7)5-1-2-5/h3-5H,1-2H2,(H3,9,10). The van der Waals surface area contributed by atoms with Crippen LogP contribution in [-0.4, -0.2) is 5.84 Å². The van der Waals surface area contributed by atoms with Crippen LogP contribution in [0.25, 0.3) is 0 Å². The van der Waals surface area contributed by atoms with Gasteiger partial charge in [0.15, 0.2) is 11.6 Å². The second-order valence-electron chi connectivity index (χ2n) is 2.89. The van der Waals surface area contributed by atoms with Crippen LogP contribution in [0.1, 0.15) is 30.1 Å². The van der Waals surface area contributed by atoms with Crippen molar-refractivity contribution in [1.29, 1.82) is 5.41 Å². The molecule has 3 nitrogen and oxygen atoms in total. The summed E-state index contributed by atoms with van der Waals surface area (Å²) in [5.41, 5.74) is 6.42. The lowest BCUT2D eigenvalue weighted by Crippen LogP contribution is -2.11. The number of furan rings is 1. The van der Waals surface area contributed by atoms with Gasteiger partial charge in [0.2, 0.25) is 0 Å². The molecule has 0 aliphatic heterocycles. The minimum atomic E-state index is 0.0388. The predicted octanol–water partition coefficient (Wildman–Crippen LogP) is 1.44. The summed E-state index contributed by atoms with van der Waals surface area (Å²) in [4.78, 5) is 0. The Bertz CT molecular complexity index is 286. The highest BCUT2D eigenvalue weighted by Gasteiger charge is 2.28. The number of amidine groups is 1. The second kappa shape index (κ2) is 2.12. The molecule has 1 fully saturated rings. The van der Waals surface area contributed by atoms with Crippen molar-refractivity contribution < 1.29 is 4.42 Å². The third kappa shape index (κ3) is 1.02. The Balaban J connectivity index is 2.37. The Labute approximate surface area is 64.7 Å². The first kappa shape index (κ1) is 6.46. The zero-order chi connectivity index (χ0) is 7.84. The van der Waals surface area contributed by atoms with Crippen molar-refractivity contribution in [2.45, 2.75) is 18.8 Å². The maximum absolute atomic E-state index is 7.20. The van der Waals surface area contributed by atoms with Gasteiger partial charge in [0.25, 0.3) is 0 Å². The van der Waals surface area contributed by atoms with Crippen LogP contribution in [0.15, 0.2) is 16.7 Å². The zero-order valence-electron chi connectivity index (χ0n) is 6.13. The quantitative estimate of drug-likeness (QED) is 0.495. The highest BCUT2D eigenvalue weighted by atomic mass is 16.3. The topological polar surface area (TPSA) is 63.0 Å². The minimum Gasteiger partial charge on any atom is -0.461 e. The van der Waals surface area contributed by atoms with Crippen molar-refractivity contribution in [3.63, 3.8) is 0 Å². The van der Waals surface area contributed by atoms with E-state index in [9.17, 15) is 0 Å². The Morgan fingerprint density at radius 2 is 2.36 bits per heavy atom. The Morgan fingerprint density at radius 1 is 1.64 bits per heavy atom. The third-order valence-corrected chi connectivity index (χ3v) is 1.96. The lowest BCUT2D eigenvalue weighted by Gasteiger charge is -1.95. The van der Waals surface area contributed by atoms with E-state index in [1.54, 1.807) is 6.26 Å². The van der Waals surface area contributed by atoms with E-state index >= 15 is 0 Å². The predicted molar refractivity (Wildman–Crippen MR) is 41.7 cm³/mol. The molecule has 1 aliphatic rings. The molecule has 0 atom stereocenters. The summed E-state index contributed by atoms with van der Waals surface area (Å²) in [6, 6.07) is 1.91. The van der Waals surface area contributed by atoms with Crippen LogP contribution in [0.5, 0.6) is 0 Å². The number of nitrogens with one attached hydrogen (secondary N) is 1. The van der Waals surface area contributed by atoms with Crippen LogP contribution in [0, 0.1) is 5.41 Å². The second-order valence-corrected chi connectivity index (χ2v) is 2.89.